The van der Waals surface area contributed by atoms with Gasteiger partial charge in [-0.3, -0.25) is 4.98 Å². The molecule has 1 aliphatic carbocycles. The molecule has 2 heteroatoms. The Morgan fingerprint density at radius 2 is 1.76 bits per heavy atom. The van der Waals surface area contributed by atoms with Gasteiger partial charge in [0.25, 0.3) is 0 Å². The van der Waals surface area contributed by atoms with Crippen molar-refractivity contribution in [1.82, 2.24) is 4.98 Å². The summed E-state index contributed by atoms with van der Waals surface area (Å²) >= 11 is 0. The monoisotopic (exact) mass is 283 g/mol. The fourth-order valence-corrected chi connectivity index (χ4v) is 3.41. The predicted molar refractivity (Wildman–Crippen MR) is 84.7 cm³/mol. The first-order chi connectivity index (χ1) is 10.2. The molecule has 0 unspecified atom stereocenters. The average molecular weight is 283 g/mol. The summed E-state index contributed by atoms with van der Waals surface area (Å²) in [7, 11) is 0. The highest BCUT2D eigenvalue weighted by Crippen LogP contribution is 2.38. The lowest BCUT2D eigenvalue weighted by molar-refractivity contribution is 0.409. The Balaban J connectivity index is 1.96. The van der Waals surface area contributed by atoms with Crippen LogP contribution in [0.5, 0.6) is 0 Å². The fraction of sp³-hybridized carbons (Fsp3) is 0.421. The molecule has 0 amide bonds. The molecule has 3 rings (SSSR count). The number of rotatable bonds is 2. The Kier molecular flexibility index (Phi) is 4.05. The van der Waals surface area contributed by atoms with Crippen molar-refractivity contribution in [2.75, 3.05) is 0 Å². The number of hydrogen-bond donors (Lipinski definition) is 0. The minimum atomic E-state index is -0.208. The number of benzene rings is 1. The van der Waals surface area contributed by atoms with Crippen molar-refractivity contribution in [1.29, 1.82) is 0 Å². The molecule has 2 aromatic rings. The molecule has 0 saturated heterocycles. The summed E-state index contributed by atoms with van der Waals surface area (Å²) in [5.74, 6) is -0.208. The smallest absolute Gasteiger partial charge is 0.123 e. The average Bonchev–Trinajstić information content (AvgIpc) is 2.73. The maximum absolute atomic E-state index is 13.4. The third-order valence-electron chi connectivity index (χ3n) is 4.78. The second kappa shape index (κ2) is 5.97. The maximum Gasteiger partial charge on any atom is 0.123 e. The Labute approximate surface area is 126 Å². The second-order valence-electron chi connectivity index (χ2n) is 6.41. The number of halogens is 1. The minimum Gasteiger partial charge on any atom is -0.256 e. The van der Waals surface area contributed by atoms with Crippen LogP contribution >= 0.6 is 0 Å². The summed E-state index contributed by atoms with van der Waals surface area (Å²) in [6.45, 7) is 2.36. The number of pyridine rings is 1. The molecular formula is C19H22FN. The van der Waals surface area contributed by atoms with E-state index in [-0.39, 0.29) is 11.2 Å². The molecule has 0 N–H and O–H groups in total. The highest BCUT2D eigenvalue weighted by Gasteiger charge is 2.27. The lowest BCUT2D eigenvalue weighted by Gasteiger charge is -2.29. The van der Waals surface area contributed by atoms with Gasteiger partial charge in [-0.2, -0.15) is 0 Å². The molecule has 21 heavy (non-hydrogen) atoms. The van der Waals surface area contributed by atoms with Gasteiger partial charge in [-0.1, -0.05) is 44.7 Å². The molecule has 1 nitrogen and oxygen atoms in total. The highest BCUT2D eigenvalue weighted by molar-refractivity contribution is 5.60. The van der Waals surface area contributed by atoms with Gasteiger partial charge in [-0.15, -0.1) is 0 Å². The molecular weight excluding hydrogens is 261 g/mol. The zero-order valence-corrected chi connectivity index (χ0v) is 12.6. The highest BCUT2D eigenvalue weighted by atomic mass is 19.1. The lowest BCUT2D eigenvalue weighted by atomic mass is 9.76. The van der Waals surface area contributed by atoms with E-state index in [2.05, 4.69) is 24.0 Å². The van der Waals surface area contributed by atoms with Gasteiger partial charge >= 0.3 is 0 Å². The Morgan fingerprint density at radius 1 is 1.00 bits per heavy atom. The largest absolute Gasteiger partial charge is 0.256 e. The molecule has 1 aromatic heterocycles. The zero-order chi connectivity index (χ0) is 14.7. The Hall–Kier alpha value is -1.70. The minimum absolute atomic E-state index is 0.208. The third-order valence-corrected chi connectivity index (χ3v) is 4.78. The Bertz CT molecular complexity index is 612. The SMILES string of the molecule is CC1(c2ccnc(-c3cccc(F)c3)c2)CCCCCC1. The molecule has 0 bridgehead atoms. The van der Waals surface area contributed by atoms with Crippen LogP contribution in [0.15, 0.2) is 42.6 Å². The summed E-state index contributed by atoms with van der Waals surface area (Å²) < 4.78 is 13.4. The van der Waals surface area contributed by atoms with Gasteiger partial charge < -0.3 is 0 Å². The third kappa shape index (κ3) is 3.15. The van der Waals surface area contributed by atoms with Crippen molar-refractivity contribution in [3.05, 3.63) is 54.0 Å². The normalized spacial score (nSPS) is 18.2. The van der Waals surface area contributed by atoms with E-state index in [9.17, 15) is 4.39 Å². The van der Waals surface area contributed by atoms with E-state index >= 15 is 0 Å². The van der Waals surface area contributed by atoms with Crippen LogP contribution in [0.2, 0.25) is 0 Å². The molecule has 1 aliphatic rings. The van der Waals surface area contributed by atoms with Gasteiger partial charge in [0, 0.05) is 11.8 Å². The summed E-state index contributed by atoms with van der Waals surface area (Å²) in [6.07, 6.45) is 9.63. The van der Waals surface area contributed by atoms with Gasteiger partial charge in [-0.05, 0) is 48.1 Å². The van der Waals surface area contributed by atoms with Crippen molar-refractivity contribution < 1.29 is 4.39 Å². The summed E-state index contributed by atoms with van der Waals surface area (Å²) in [6, 6.07) is 11.0. The molecule has 1 fully saturated rings. The van der Waals surface area contributed by atoms with Crippen molar-refractivity contribution in [2.45, 2.75) is 50.9 Å². The maximum atomic E-state index is 13.4. The lowest BCUT2D eigenvalue weighted by Crippen LogP contribution is -2.21. The first-order valence-electron chi connectivity index (χ1n) is 7.90. The first kappa shape index (κ1) is 14.2. The van der Waals surface area contributed by atoms with E-state index in [1.54, 1.807) is 12.1 Å². The standard InChI is InChI=1S/C19H22FN/c1-19(10-4-2-3-5-11-19)16-9-12-21-18(14-16)15-7-6-8-17(20)13-15/h6-9,12-14H,2-5,10-11H2,1H3. The predicted octanol–water partition coefficient (Wildman–Crippen LogP) is 5.50. The first-order valence-corrected chi connectivity index (χ1v) is 7.90. The molecule has 0 atom stereocenters. The van der Waals surface area contributed by atoms with Gasteiger partial charge in [0.15, 0.2) is 0 Å². The molecule has 0 aliphatic heterocycles. The molecule has 0 spiro atoms. The van der Waals surface area contributed by atoms with E-state index in [0.29, 0.717) is 0 Å². The second-order valence-corrected chi connectivity index (χ2v) is 6.41. The van der Waals surface area contributed by atoms with Crippen molar-refractivity contribution in [3.63, 3.8) is 0 Å². The van der Waals surface area contributed by atoms with Gasteiger partial charge in [0.2, 0.25) is 0 Å². The van der Waals surface area contributed by atoms with Crippen LogP contribution < -0.4 is 0 Å². The van der Waals surface area contributed by atoms with E-state index in [1.807, 2.05) is 12.3 Å². The van der Waals surface area contributed by atoms with E-state index in [1.165, 1.54) is 50.2 Å². The topological polar surface area (TPSA) is 12.9 Å². The number of hydrogen-bond acceptors (Lipinski definition) is 1. The van der Waals surface area contributed by atoms with Crippen LogP contribution in [-0.4, -0.2) is 4.98 Å². The van der Waals surface area contributed by atoms with E-state index in [4.69, 9.17) is 0 Å². The molecule has 1 aromatic carbocycles. The summed E-state index contributed by atoms with van der Waals surface area (Å²) in [4.78, 5) is 4.43. The van der Waals surface area contributed by atoms with Crippen molar-refractivity contribution in [2.24, 2.45) is 0 Å². The van der Waals surface area contributed by atoms with E-state index in [0.717, 1.165) is 11.3 Å². The van der Waals surface area contributed by atoms with Crippen molar-refractivity contribution >= 4 is 0 Å². The molecule has 0 radical (unpaired) electrons. The molecule has 1 saturated carbocycles. The van der Waals surface area contributed by atoms with Crippen LogP contribution in [0.1, 0.15) is 51.0 Å². The molecule has 1 heterocycles. The van der Waals surface area contributed by atoms with Crippen molar-refractivity contribution in [3.8, 4) is 11.3 Å². The number of aromatic nitrogens is 1. The zero-order valence-electron chi connectivity index (χ0n) is 12.6. The summed E-state index contributed by atoms with van der Waals surface area (Å²) in [5.41, 5.74) is 3.31. The Morgan fingerprint density at radius 3 is 2.48 bits per heavy atom. The van der Waals surface area contributed by atoms with Gasteiger partial charge in [0.05, 0.1) is 5.69 Å². The van der Waals surface area contributed by atoms with E-state index < -0.39 is 0 Å². The van der Waals surface area contributed by atoms with Crippen LogP contribution in [0.25, 0.3) is 11.3 Å². The van der Waals surface area contributed by atoms with Crippen LogP contribution in [-0.2, 0) is 5.41 Å². The van der Waals surface area contributed by atoms with Gasteiger partial charge in [-0.25, -0.2) is 4.39 Å². The van der Waals surface area contributed by atoms with Gasteiger partial charge in [0.1, 0.15) is 5.82 Å². The fourth-order valence-electron chi connectivity index (χ4n) is 3.41. The molecule has 110 valence electrons. The van der Waals surface area contributed by atoms with Crippen LogP contribution in [0.4, 0.5) is 4.39 Å². The number of nitrogens with zero attached hydrogens (tertiary/aromatic N) is 1. The van der Waals surface area contributed by atoms with Crippen LogP contribution in [0, 0.1) is 5.82 Å². The quantitative estimate of drug-likeness (QED) is 0.663. The summed E-state index contributed by atoms with van der Waals surface area (Å²) in [5, 5.41) is 0. The van der Waals surface area contributed by atoms with Crippen LogP contribution in [0.3, 0.4) is 0 Å².